The first kappa shape index (κ1) is 16.9. The van der Waals surface area contributed by atoms with Gasteiger partial charge in [-0.1, -0.05) is 6.07 Å². The fraction of sp³-hybridized carbons (Fsp3) is 0.333. The summed E-state index contributed by atoms with van der Waals surface area (Å²) in [5.74, 6) is -0.796. The third-order valence-electron chi connectivity index (χ3n) is 4.01. The summed E-state index contributed by atoms with van der Waals surface area (Å²) in [6.07, 6.45) is 3.40. The van der Waals surface area contributed by atoms with E-state index in [-0.39, 0.29) is 29.6 Å². The van der Waals surface area contributed by atoms with Crippen LogP contribution in [0, 0.1) is 6.92 Å². The predicted octanol–water partition coefficient (Wildman–Crippen LogP) is 0.852. The average Bonchev–Trinajstić information content (AvgIpc) is 3.40. The molecule has 7 nitrogen and oxygen atoms in total. The Bertz CT molecular complexity index is 884. The van der Waals surface area contributed by atoms with Crippen LogP contribution in [0.3, 0.4) is 0 Å². The van der Waals surface area contributed by atoms with Crippen LogP contribution in [0.15, 0.2) is 35.3 Å². The van der Waals surface area contributed by atoms with Crippen molar-refractivity contribution in [3.05, 3.63) is 63.3 Å². The summed E-state index contributed by atoms with van der Waals surface area (Å²) in [5.41, 5.74) is 1.30. The quantitative estimate of drug-likeness (QED) is 0.844. The highest BCUT2D eigenvalue weighted by atomic mass is 16.2. The molecule has 1 aliphatic rings. The van der Waals surface area contributed by atoms with Gasteiger partial charge in [-0.3, -0.25) is 19.4 Å². The Balaban J connectivity index is 2.00. The third kappa shape index (κ3) is 3.93. The Morgan fingerprint density at radius 3 is 2.68 bits per heavy atom. The highest BCUT2D eigenvalue weighted by Crippen LogP contribution is 2.19. The lowest BCUT2D eigenvalue weighted by molar-refractivity contribution is 0.0950. The van der Waals surface area contributed by atoms with Gasteiger partial charge in [-0.25, -0.2) is 0 Å². The molecular formula is C18H20N4O3. The second-order valence-electron chi connectivity index (χ2n) is 6.17. The Labute approximate surface area is 145 Å². The molecule has 0 saturated heterocycles. The minimum atomic E-state index is -0.517. The van der Waals surface area contributed by atoms with E-state index in [2.05, 4.69) is 15.6 Å². The van der Waals surface area contributed by atoms with Crippen LogP contribution in [0.1, 0.15) is 44.9 Å². The molecule has 1 fully saturated rings. The van der Waals surface area contributed by atoms with E-state index in [1.807, 2.05) is 19.1 Å². The second-order valence-corrected chi connectivity index (χ2v) is 6.17. The Morgan fingerprint density at radius 2 is 2.04 bits per heavy atom. The molecule has 2 aromatic rings. The van der Waals surface area contributed by atoms with Crippen molar-refractivity contribution in [1.29, 1.82) is 0 Å². The summed E-state index contributed by atoms with van der Waals surface area (Å²) in [4.78, 5) is 41.4. The third-order valence-corrected chi connectivity index (χ3v) is 4.01. The van der Waals surface area contributed by atoms with Gasteiger partial charge in [-0.2, -0.15) is 0 Å². The smallest absolute Gasteiger partial charge is 0.263 e. The number of carbonyl (C=O) groups is 2. The number of carbonyl (C=O) groups excluding carboxylic acids is 2. The molecule has 1 aliphatic carbocycles. The zero-order valence-electron chi connectivity index (χ0n) is 14.2. The first-order chi connectivity index (χ1) is 12.0. The van der Waals surface area contributed by atoms with Crippen molar-refractivity contribution < 1.29 is 9.59 Å². The van der Waals surface area contributed by atoms with Crippen molar-refractivity contribution in [3.8, 4) is 0 Å². The standard InChI is InChI=1S/C18H20N4O3/c1-11-4-3-5-14(20-11)10-22-9-12(16(23)21-13-6-7-13)8-15(18(22)25)17(24)19-2/h3-5,8-9,13H,6-7,10H2,1-2H3,(H,19,24)(H,21,23). The van der Waals surface area contributed by atoms with Gasteiger partial charge in [0.2, 0.25) is 0 Å². The monoisotopic (exact) mass is 340 g/mol. The molecule has 130 valence electrons. The fourth-order valence-electron chi connectivity index (χ4n) is 2.53. The van der Waals surface area contributed by atoms with E-state index in [1.165, 1.54) is 23.9 Å². The van der Waals surface area contributed by atoms with Gasteiger partial charge in [0.05, 0.1) is 17.8 Å². The number of hydrogen-bond acceptors (Lipinski definition) is 4. The van der Waals surface area contributed by atoms with Crippen LogP contribution in [0.4, 0.5) is 0 Å². The van der Waals surface area contributed by atoms with Crippen LogP contribution >= 0.6 is 0 Å². The van der Waals surface area contributed by atoms with Gasteiger partial charge >= 0.3 is 0 Å². The Morgan fingerprint density at radius 1 is 1.28 bits per heavy atom. The summed E-state index contributed by atoms with van der Waals surface area (Å²) in [5, 5.41) is 5.31. The largest absolute Gasteiger partial charge is 0.355 e. The van der Waals surface area contributed by atoms with Gasteiger partial charge in [0.15, 0.2) is 0 Å². The molecule has 0 unspecified atom stereocenters. The molecule has 25 heavy (non-hydrogen) atoms. The lowest BCUT2D eigenvalue weighted by Gasteiger charge is -2.11. The Kier molecular flexibility index (Phi) is 4.65. The highest BCUT2D eigenvalue weighted by molar-refractivity contribution is 5.99. The van der Waals surface area contributed by atoms with E-state index >= 15 is 0 Å². The van der Waals surface area contributed by atoms with Crippen LogP contribution in [-0.4, -0.2) is 34.5 Å². The van der Waals surface area contributed by atoms with E-state index < -0.39 is 11.5 Å². The maximum atomic E-state index is 12.6. The number of nitrogens with one attached hydrogen (secondary N) is 2. The first-order valence-electron chi connectivity index (χ1n) is 8.18. The number of nitrogens with zero attached hydrogens (tertiary/aromatic N) is 2. The van der Waals surface area contributed by atoms with E-state index in [0.717, 1.165) is 18.5 Å². The molecule has 3 rings (SSSR count). The lowest BCUT2D eigenvalue weighted by atomic mass is 10.1. The predicted molar refractivity (Wildman–Crippen MR) is 92.7 cm³/mol. The minimum Gasteiger partial charge on any atom is -0.355 e. The molecule has 2 aromatic heterocycles. The van der Waals surface area contributed by atoms with E-state index in [9.17, 15) is 14.4 Å². The molecule has 2 amide bonds. The van der Waals surface area contributed by atoms with Crippen molar-refractivity contribution in [2.45, 2.75) is 32.4 Å². The van der Waals surface area contributed by atoms with Crippen molar-refractivity contribution in [1.82, 2.24) is 20.2 Å². The molecule has 0 radical (unpaired) electrons. The number of aryl methyl sites for hydroxylation is 1. The molecule has 7 heteroatoms. The number of hydrogen-bond donors (Lipinski definition) is 2. The van der Waals surface area contributed by atoms with E-state index in [0.29, 0.717) is 5.69 Å². The van der Waals surface area contributed by atoms with Crippen molar-refractivity contribution in [3.63, 3.8) is 0 Å². The van der Waals surface area contributed by atoms with E-state index in [4.69, 9.17) is 0 Å². The Hall–Kier alpha value is -2.96. The summed E-state index contributed by atoms with van der Waals surface area (Å²) < 4.78 is 1.36. The van der Waals surface area contributed by atoms with Gasteiger partial charge in [-0.15, -0.1) is 0 Å². The molecule has 1 saturated carbocycles. The second kappa shape index (κ2) is 6.88. The van der Waals surface area contributed by atoms with Crippen LogP contribution in [0.5, 0.6) is 0 Å². The maximum Gasteiger partial charge on any atom is 0.263 e. The number of aromatic nitrogens is 2. The van der Waals surface area contributed by atoms with Gasteiger partial charge in [-0.05, 0) is 38.0 Å². The number of pyridine rings is 2. The zero-order valence-corrected chi connectivity index (χ0v) is 14.2. The summed E-state index contributed by atoms with van der Waals surface area (Å²) in [7, 11) is 1.45. The molecule has 0 spiro atoms. The summed E-state index contributed by atoms with van der Waals surface area (Å²) in [6, 6.07) is 7.05. The van der Waals surface area contributed by atoms with Crippen molar-refractivity contribution >= 4 is 11.8 Å². The normalized spacial score (nSPS) is 13.4. The minimum absolute atomic E-state index is 0.0569. The van der Waals surface area contributed by atoms with Crippen molar-refractivity contribution in [2.24, 2.45) is 0 Å². The SMILES string of the molecule is CNC(=O)c1cc(C(=O)NC2CC2)cn(Cc2cccc(C)n2)c1=O. The maximum absolute atomic E-state index is 12.6. The topological polar surface area (TPSA) is 93.1 Å². The van der Waals surface area contributed by atoms with Crippen LogP contribution in [0.25, 0.3) is 0 Å². The van der Waals surface area contributed by atoms with Gasteiger partial charge in [0.25, 0.3) is 17.4 Å². The molecule has 0 aliphatic heterocycles. The van der Waals surface area contributed by atoms with E-state index in [1.54, 1.807) is 6.07 Å². The molecule has 2 N–H and O–H groups in total. The molecule has 0 aromatic carbocycles. The van der Waals surface area contributed by atoms with Crippen molar-refractivity contribution in [2.75, 3.05) is 7.05 Å². The molecule has 2 heterocycles. The van der Waals surface area contributed by atoms with Gasteiger partial charge < -0.3 is 15.2 Å². The molecule has 0 bridgehead atoms. The number of rotatable bonds is 5. The average molecular weight is 340 g/mol. The zero-order chi connectivity index (χ0) is 18.0. The van der Waals surface area contributed by atoms with Crippen LogP contribution in [-0.2, 0) is 6.54 Å². The van der Waals surface area contributed by atoms with Crippen LogP contribution in [0.2, 0.25) is 0 Å². The lowest BCUT2D eigenvalue weighted by Crippen LogP contribution is -2.34. The molecular weight excluding hydrogens is 320 g/mol. The summed E-state index contributed by atoms with van der Waals surface area (Å²) in [6.45, 7) is 2.05. The van der Waals surface area contributed by atoms with Gasteiger partial charge in [0, 0.05) is 25.0 Å². The van der Waals surface area contributed by atoms with Gasteiger partial charge in [0.1, 0.15) is 5.56 Å². The highest BCUT2D eigenvalue weighted by Gasteiger charge is 2.25. The summed E-state index contributed by atoms with van der Waals surface area (Å²) >= 11 is 0. The number of amides is 2. The fourth-order valence-corrected chi connectivity index (χ4v) is 2.53. The molecule has 0 atom stereocenters. The van der Waals surface area contributed by atoms with Crippen LogP contribution < -0.4 is 16.2 Å². The first-order valence-corrected chi connectivity index (χ1v) is 8.18.